The van der Waals surface area contributed by atoms with E-state index in [-0.39, 0.29) is 18.2 Å². The van der Waals surface area contributed by atoms with Gasteiger partial charge in [-0.05, 0) is 36.7 Å². The summed E-state index contributed by atoms with van der Waals surface area (Å²) in [4.78, 5) is 0. The van der Waals surface area contributed by atoms with Crippen molar-refractivity contribution >= 4 is 0 Å². The second-order valence-corrected chi connectivity index (χ2v) is 4.77. The largest absolute Gasteiger partial charge is 1.00 e. The fraction of sp³-hybridized carbons (Fsp3) is 0.333. The van der Waals surface area contributed by atoms with Crippen LogP contribution in [0, 0.1) is 11.7 Å². The first kappa shape index (κ1) is 15.7. The molecular formula is C15H18ClFNO-. The van der Waals surface area contributed by atoms with E-state index >= 15 is 0 Å². The number of hydrogen-bond donors (Lipinski definition) is 1. The average Bonchev–Trinajstić information content (AvgIpc) is 2.78. The highest BCUT2D eigenvalue weighted by molar-refractivity contribution is 5.58. The fourth-order valence-electron chi connectivity index (χ4n) is 1.76. The Morgan fingerprint density at radius 1 is 1.16 bits per heavy atom. The average molecular weight is 283 g/mol. The summed E-state index contributed by atoms with van der Waals surface area (Å²) in [6.45, 7) is 5.92. The molecule has 4 heteroatoms. The van der Waals surface area contributed by atoms with E-state index in [2.05, 4.69) is 19.2 Å². The predicted octanol–water partition coefficient (Wildman–Crippen LogP) is 0.835. The van der Waals surface area contributed by atoms with Crippen LogP contribution in [0.15, 0.2) is 40.8 Å². The molecule has 0 fully saturated rings. The smallest absolute Gasteiger partial charge is 0.137 e. The SMILES string of the molecule is CC(C)CNCc1ccc(-c2ccccc2F)o1.[Cl-]. The number of rotatable bonds is 5. The Morgan fingerprint density at radius 2 is 1.89 bits per heavy atom. The van der Waals surface area contributed by atoms with Gasteiger partial charge in [-0.2, -0.15) is 0 Å². The van der Waals surface area contributed by atoms with Gasteiger partial charge in [-0.25, -0.2) is 4.39 Å². The maximum absolute atomic E-state index is 13.6. The summed E-state index contributed by atoms with van der Waals surface area (Å²) in [5, 5.41) is 3.29. The second kappa shape index (κ2) is 7.31. The number of furan rings is 1. The zero-order chi connectivity index (χ0) is 13.0. The van der Waals surface area contributed by atoms with Gasteiger partial charge in [-0.15, -0.1) is 0 Å². The van der Waals surface area contributed by atoms with E-state index in [1.807, 2.05) is 12.1 Å². The van der Waals surface area contributed by atoms with E-state index in [4.69, 9.17) is 4.42 Å². The zero-order valence-corrected chi connectivity index (χ0v) is 11.9. The summed E-state index contributed by atoms with van der Waals surface area (Å²) >= 11 is 0. The second-order valence-electron chi connectivity index (χ2n) is 4.77. The van der Waals surface area contributed by atoms with Gasteiger partial charge in [0.25, 0.3) is 0 Å². The Labute approximate surface area is 119 Å². The molecule has 0 unspecified atom stereocenters. The van der Waals surface area contributed by atoms with Gasteiger partial charge in [0.15, 0.2) is 0 Å². The van der Waals surface area contributed by atoms with Crippen molar-refractivity contribution < 1.29 is 21.2 Å². The van der Waals surface area contributed by atoms with Crippen LogP contribution in [-0.2, 0) is 6.54 Å². The highest BCUT2D eigenvalue weighted by Crippen LogP contribution is 2.24. The van der Waals surface area contributed by atoms with Gasteiger partial charge in [-0.3, -0.25) is 0 Å². The molecule has 0 atom stereocenters. The van der Waals surface area contributed by atoms with E-state index in [0.29, 0.717) is 23.8 Å². The van der Waals surface area contributed by atoms with E-state index in [0.717, 1.165) is 12.3 Å². The van der Waals surface area contributed by atoms with Gasteiger partial charge >= 0.3 is 0 Å². The van der Waals surface area contributed by atoms with Gasteiger partial charge in [0.2, 0.25) is 0 Å². The van der Waals surface area contributed by atoms with Gasteiger partial charge in [0, 0.05) is 0 Å². The lowest BCUT2D eigenvalue weighted by molar-refractivity contribution is -0.00000506. The Bertz CT molecular complexity index is 510. The van der Waals surface area contributed by atoms with E-state index in [1.54, 1.807) is 18.2 Å². The third-order valence-electron chi connectivity index (χ3n) is 2.65. The lowest BCUT2D eigenvalue weighted by Gasteiger charge is -2.05. The Kier molecular flexibility index (Phi) is 6.06. The molecule has 1 aromatic heterocycles. The Morgan fingerprint density at radius 3 is 2.58 bits per heavy atom. The van der Waals surface area contributed by atoms with Crippen molar-refractivity contribution in [2.75, 3.05) is 6.54 Å². The lowest BCUT2D eigenvalue weighted by Crippen LogP contribution is -3.00. The highest BCUT2D eigenvalue weighted by Gasteiger charge is 2.08. The van der Waals surface area contributed by atoms with Crippen molar-refractivity contribution in [3.63, 3.8) is 0 Å². The monoisotopic (exact) mass is 282 g/mol. The van der Waals surface area contributed by atoms with Crippen molar-refractivity contribution in [1.82, 2.24) is 5.32 Å². The molecular weight excluding hydrogens is 265 g/mol. The highest BCUT2D eigenvalue weighted by atomic mass is 35.5. The van der Waals surface area contributed by atoms with Crippen LogP contribution in [0.25, 0.3) is 11.3 Å². The molecule has 0 radical (unpaired) electrons. The molecule has 0 spiro atoms. The third-order valence-corrected chi connectivity index (χ3v) is 2.65. The molecule has 2 rings (SSSR count). The van der Waals surface area contributed by atoms with Gasteiger partial charge < -0.3 is 22.1 Å². The molecule has 1 heterocycles. The maximum atomic E-state index is 13.6. The number of benzene rings is 1. The van der Waals surface area contributed by atoms with Crippen LogP contribution in [-0.4, -0.2) is 6.54 Å². The molecule has 19 heavy (non-hydrogen) atoms. The van der Waals surface area contributed by atoms with Crippen molar-refractivity contribution in [2.45, 2.75) is 20.4 Å². The molecule has 0 aliphatic carbocycles. The van der Waals surface area contributed by atoms with E-state index in [1.165, 1.54) is 6.07 Å². The standard InChI is InChI=1S/C15H18FNO.ClH/c1-11(2)9-17-10-12-7-8-15(18-12)13-5-3-4-6-14(13)16;/h3-8,11,17H,9-10H2,1-2H3;1H/p-1. The van der Waals surface area contributed by atoms with Crippen molar-refractivity contribution in [2.24, 2.45) is 5.92 Å². The molecule has 1 aromatic carbocycles. The van der Waals surface area contributed by atoms with Crippen LogP contribution in [0.4, 0.5) is 4.39 Å². The maximum Gasteiger partial charge on any atom is 0.137 e. The van der Waals surface area contributed by atoms with Crippen molar-refractivity contribution in [3.8, 4) is 11.3 Å². The summed E-state index contributed by atoms with van der Waals surface area (Å²) < 4.78 is 19.2. The van der Waals surface area contributed by atoms with Crippen molar-refractivity contribution in [3.05, 3.63) is 48.0 Å². The summed E-state index contributed by atoms with van der Waals surface area (Å²) in [6.07, 6.45) is 0. The molecule has 0 saturated heterocycles. The summed E-state index contributed by atoms with van der Waals surface area (Å²) in [5.74, 6) is 1.75. The van der Waals surface area contributed by atoms with Crippen molar-refractivity contribution in [1.29, 1.82) is 0 Å². The first-order valence-corrected chi connectivity index (χ1v) is 6.21. The molecule has 2 aromatic rings. The topological polar surface area (TPSA) is 25.2 Å². The minimum atomic E-state index is -0.256. The van der Waals surface area contributed by atoms with E-state index in [9.17, 15) is 4.39 Å². The van der Waals surface area contributed by atoms with Crippen LogP contribution in [0.3, 0.4) is 0 Å². The molecule has 1 N–H and O–H groups in total. The first-order chi connectivity index (χ1) is 8.66. The van der Waals surface area contributed by atoms with Gasteiger partial charge in [-0.1, -0.05) is 26.0 Å². The molecule has 0 aliphatic rings. The number of halogens is 2. The van der Waals surface area contributed by atoms with Gasteiger partial charge in [0.05, 0.1) is 12.1 Å². The van der Waals surface area contributed by atoms with Crippen LogP contribution < -0.4 is 17.7 Å². The zero-order valence-electron chi connectivity index (χ0n) is 11.1. The summed E-state index contributed by atoms with van der Waals surface area (Å²) in [7, 11) is 0. The Hall–Kier alpha value is -1.32. The molecule has 104 valence electrons. The molecule has 2 nitrogen and oxygen atoms in total. The summed E-state index contributed by atoms with van der Waals surface area (Å²) in [5.41, 5.74) is 0.507. The van der Waals surface area contributed by atoms with Crippen LogP contribution in [0.5, 0.6) is 0 Å². The molecule has 0 bridgehead atoms. The Balaban J connectivity index is 0.00000180. The normalized spacial score (nSPS) is 10.5. The van der Waals surface area contributed by atoms with Gasteiger partial charge in [0.1, 0.15) is 17.3 Å². The molecule has 0 aliphatic heterocycles. The molecule has 0 amide bonds. The predicted molar refractivity (Wildman–Crippen MR) is 70.6 cm³/mol. The lowest BCUT2D eigenvalue weighted by atomic mass is 10.1. The summed E-state index contributed by atoms with van der Waals surface area (Å²) in [6, 6.07) is 10.3. The van der Waals surface area contributed by atoms with Crippen LogP contribution in [0.2, 0.25) is 0 Å². The molecule has 0 saturated carbocycles. The van der Waals surface area contributed by atoms with Crippen LogP contribution >= 0.6 is 0 Å². The fourth-order valence-corrected chi connectivity index (χ4v) is 1.76. The third kappa shape index (κ3) is 4.37. The first-order valence-electron chi connectivity index (χ1n) is 6.21. The minimum absolute atomic E-state index is 0. The quantitative estimate of drug-likeness (QED) is 0.879. The number of nitrogens with one attached hydrogen (secondary N) is 1. The number of hydrogen-bond acceptors (Lipinski definition) is 2. The van der Waals surface area contributed by atoms with Crippen LogP contribution in [0.1, 0.15) is 19.6 Å². The van der Waals surface area contributed by atoms with E-state index < -0.39 is 0 Å². The minimum Gasteiger partial charge on any atom is -1.00 e.